The summed E-state index contributed by atoms with van der Waals surface area (Å²) in [5.41, 5.74) is 0.414. The molecule has 0 saturated carbocycles. The van der Waals surface area contributed by atoms with Crippen molar-refractivity contribution in [2.45, 2.75) is 0 Å². The Kier molecular flexibility index (Phi) is 2.72. The number of halogens is 2. The van der Waals surface area contributed by atoms with Crippen LogP contribution in [0.1, 0.15) is 10.4 Å². The third-order valence-corrected chi connectivity index (χ3v) is 2.15. The SMILES string of the molecule is O=Cc1cc(F)ccc1-c1ncccc1F. The van der Waals surface area contributed by atoms with Gasteiger partial charge in [-0.2, -0.15) is 0 Å². The van der Waals surface area contributed by atoms with Gasteiger partial charge >= 0.3 is 0 Å². The summed E-state index contributed by atoms with van der Waals surface area (Å²) < 4.78 is 26.3. The smallest absolute Gasteiger partial charge is 0.150 e. The van der Waals surface area contributed by atoms with Crippen LogP contribution in [0.15, 0.2) is 36.5 Å². The van der Waals surface area contributed by atoms with Gasteiger partial charge in [-0.3, -0.25) is 9.78 Å². The van der Waals surface area contributed by atoms with Crippen molar-refractivity contribution in [2.24, 2.45) is 0 Å². The topological polar surface area (TPSA) is 30.0 Å². The molecule has 0 aliphatic heterocycles. The minimum absolute atomic E-state index is 0.0459. The van der Waals surface area contributed by atoms with Crippen LogP contribution in [0.4, 0.5) is 8.78 Å². The molecule has 4 heteroatoms. The summed E-state index contributed by atoms with van der Waals surface area (Å²) in [5.74, 6) is -1.08. The number of hydrogen-bond acceptors (Lipinski definition) is 2. The van der Waals surface area contributed by atoms with E-state index in [1.165, 1.54) is 24.4 Å². The van der Waals surface area contributed by atoms with Crippen LogP contribution in [0.2, 0.25) is 0 Å². The molecule has 0 atom stereocenters. The van der Waals surface area contributed by atoms with E-state index in [9.17, 15) is 13.6 Å². The van der Waals surface area contributed by atoms with Gasteiger partial charge in [0.15, 0.2) is 6.29 Å². The number of aldehydes is 1. The Balaban J connectivity index is 2.65. The average Bonchev–Trinajstić information content (AvgIpc) is 2.30. The van der Waals surface area contributed by atoms with Crippen LogP contribution < -0.4 is 0 Å². The second-order valence-corrected chi connectivity index (χ2v) is 3.18. The number of carbonyl (C=O) groups excluding carboxylic acids is 1. The molecule has 0 saturated heterocycles. The van der Waals surface area contributed by atoms with E-state index in [2.05, 4.69) is 4.98 Å². The Morgan fingerprint density at radius 2 is 2.00 bits per heavy atom. The Morgan fingerprint density at radius 1 is 1.19 bits per heavy atom. The van der Waals surface area contributed by atoms with Crippen molar-refractivity contribution in [1.82, 2.24) is 4.98 Å². The molecular formula is C12H7F2NO. The van der Waals surface area contributed by atoms with Gasteiger partial charge in [0.2, 0.25) is 0 Å². The monoisotopic (exact) mass is 219 g/mol. The summed E-state index contributed by atoms with van der Waals surface area (Å²) in [4.78, 5) is 14.6. The van der Waals surface area contributed by atoms with E-state index < -0.39 is 11.6 Å². The van der Waals surface area contributed by atoms with Crippen molar-refractivity contribution in [3.8, 4) is 11.3 Å². The van der Waals surface area contributed by atoms with E-state index in [0.717, 1.165) is 12.1 Å². The molecule has 1 aromatic carbocycles. The van der Waals surface area contributed by atoms with E-state index in [1.54, 1.807) is 0 Å². The van der Waals surface area contributed by atoms with Crippen molar-refractivity contribution < 1.29 is 13.6 Å². The van der Waals surface area contributed by atoms with Gasteiger partial charge in [0.25, 0.3) is 0 Å². The van der Waals surface area contributed by atoms with Crippen LogP contribution in [0.3, 0.4) is 0 Å². The predicted molar refractivity (Wildman–Crippen MR) is 55.0 cm³/mol. The highest BCUT2D eigenvalue weighted by atomic mass is 19.1. The first-order valence-corrected chi connectivity index (χ1v) is 4.58. The van der Waals surface area contributed by atoms with Gasteiger partial charge in [0.05, 0.1) is 0 Å². The Hall–Kier alpha value is -2.10. The van der Waals surface area contributed by atoms with Crippen LogP contribution >= 0.6 is 0 Å². The zero-order chi connectivity index (χ0) is 11.5. The fourth-order valence-corrected chi connectivity index (χ4v) is 1.43. The lowest BCUT2D eigenvalue weighted by atomic mass is 10.0. The lowest BCUT2D eigenvalue weighted by Gasteiger charge is -2.04. The molecule has 0 radical (unpaired) electrons. The molecule has 0 unspecified atom stereocenters. The van der Waals surface area contributed by atoms with Gasteiger partial charge in [-0.1, -0.05) is 0 Å². The Bertz CT molecular complexity index is 540. The summed E-state index contributed by atoms with van der Waals surface area (Å²) in [6.45, 7) is 0. The number of aromatic nitrogens is 1. The molecule has 2 nitrogen and oxygen atoms in total. The lowest BCUT2D eigenvalue weighted by molar-refractivity contribution is 0.112. The first kappa shape index (κ1) is 10.4. The van der Waals surface area contributed by atoms with Gasteiger partial charge in [-0.05, 0) is 30.3 Å². The van der Waals surface area contributed by atoms with Crippen molar-refractivity contribution in [3.63, 3.8) is 0 Å². The predicted octanol–water partition coefficient (Wildman–Crippen LogP) is 2.84. The maximum Gasteiger partial charge on any atom is 0.150 e. The van der Waals surface area contributed by atoms with E-state index in [0.29, 0.717) is 6.29 Å². The molecule has 0 aliphatic carbocycles. The summed E-state index contributed by atoms with van der Waals surface area (Å²) in [6.07, 6.45) is 1.89. The van der Waals surface area contributed by atoms with Crippen molar-refractivity contribution in [3.05, 3.63) is 53.7 Å². The minimum atomic E-state index is -0.544. The van der Waals surface area contributed by atoms with Crippen LogP contribution in [0.25, 0.3) is 11.3 Å². The van der Waals surface area contributed by atoms with Crippen LogP contribution in [0.5, 0.6) is 0 Å². The molecule has 2 aromatic rings. The van der Waals surface area contributed by atoms with Crippen LogP contribution in [-0.2, 0) is 0 Å². The molecule has 0 N–H and O–H groups in total. The zero-order valence-electron chi connectivity index (χ0n) is 8.15. The van der Waals surface area contributed by atoms with Crippen molar-refractivity contribution >= 4 is 6.29 Å². The molecule has 1 heterocycles. The molecular weight excluding hydrogens is 212 g/mol. The standard InChI is InChI=1S/C12H7F2NO/c13-9-3-4-10(8(6-9)7-16)12-11(14)2-1-5-15-12/h1-7H. The molecule has 16 heavy (non-hydrogen) atoms. The highest BCUT2D eigenvalue weighted by molar-refractivity contribution is 5.86. The van der Waals surface area contributed by atoms with E-state index >= 15 is 0 Å². The summed E-state index contributed by atoms with van der Waals surface area (Å²) in [7, 11) is 0. The van der Waals surface area contributed by atoms with Crippen LogP contribution in [-0.4, -0.2) is 11.3 Å². The minimum Gasteiger partial charge on any atom is -0.298 e. The highest BCUT2D eigenvalue weighted by Gasteiger charge is 2.11. The van der Waals surface area contributed by atoms with E-state index in [-0.39, 0.29) is 16.8 Å². The second kappa shape index (κ2) is 4.18. The third-order valence-electron chi connectivity index (χ3n) is 2.15. The second-order valence-electron chi connectivity index (χ2n) is 3.18. The molecule has 0 spiro atoms. The number of carbonyl (C=O) groups is 1. The van der Waals surface area contributed by atoms with Gasteiger partial charge in [-0.15, -0.1) is 0 Å². The molecule has 80 valence electrons. The molecule has 0 amide bonds. The van der Waals surface area contributed by atoms with Gasteiger partial charge in [0, 0.05) is 17.3 Å². The maximum atomic E-state index is 13.4. The van der Waals surface area contributed by atoms with Crippen molar-refractivity contribution in [2.75, 3.05) is 0 Å². The Labute approximate surface area is 90.6 Å². The first-order chi connectivity index (χ1) is 7.72. The number of rotatable bonds is 2. The van der Waals surface area contributed by atoms with E-state index in [1.807, 2.05) is 0 Å². The Morgan fingerprint density at radius 3 is 2.69 bits per heavy atom. The van der Waals surface area contributed by atoms with E-state index in [4.69, 9.17) is 0 Å². The van der Waals surface area contributed by atoms with Gasteiger partial charge in [0.1, 0.15) is 17.3 Å². The van der Waals surface area contributed by atoms with Gasteiger partial charge in [-0.25, -0.2) is 8.78 Å². The molecule has 0 bridgehead atoms. The average molecular weight is 219 g/mol. The number of pyridine rings is 1. The summed E-state index contributed by atoms with van der Waals surface area (Å²) >= 11 is 0. The first-order valence-electron chi connectivity index (χ1n) is 4.58. The quantitative estimate of drug-likeness (QED) is 0.727. The molecule has 0 fully saturated rings. The largest absolute Gasteiger partial charge is 0.298 e. The molecule has 1 aromatic heterocycles. The lowest BCUT2D eigenvalue weighted by Crippen LogP contribution is -1.94. The van der Waals surface area contributed by atoms with Gasteiger partial charge < -0.3 is 0 Å². The summed E-state index contributed by atoms with van der Waals surface area (Å²) in [5, 5.41) is 0. The molecule has 0 aliphatic rings. The summed E-state index contributed by atoms with van der Waals surface area (Å²) in [6, 6.07) is 6.24. The third kappa shape index (κ3) is 1.82. The number of benzene rings is 1. The van der Waals surface area contributed by atoms with Crippen LogP contribution in [0, 0.1) is 11.6 Å². The fourth-order valence-electron chi connectivity index (χ4n) is 1.43. The zero-order valence-corrected chi connectivity index (χ0v) is 8.15. The number of hydrogen-bond donors (Lipinski definition) is 0. The molecule has 2 rings (SSSR count). The maximum absolute atomic E-state index is 13.4. The normalized spacial score (nSPS) is 10.1. The fraction of sp³-hybridized carbons (Fsp3) is 0. The highest BCUT2D eigenvalue weighted by Crippen LogP contribution is 2.23. The number of nitrogens with zero attached hydrogens (tertiary/aromatic N) is 1. The van der Waals surface area contributed by atoms with Crippen molar-refractivity contribution in [1.29, 1.82) is 0 Å².